The number of aromatic nitrogens is 1. The first-order valence-corrected chi connectivity index (χ1v) is 7.57. The Hall–Kier alpha value is -2.48. The highest BCUT2D eigenvalue weighted by Crippen LogP contribution is 2.20. The van der Waals surface area contributed by atoms with Gasteiger partial charge in [-0.15, -0.1) is 11.3 Å². The van der Waals surface area contributed by atoms with Crippen molar-refractivity contribution in [1.82, 2.24) is 10.3 Å². The zero-order valence-corrected chi connectivity index (χ0v) is 13.3. The van der Waals surface area contributed by atoms with Crippen LogP contribution in [0.15, 0.2) is 24.3 Å². The molecule has 8 heteroatoms. The standard InChI is InChI=1S/C15H15FN2O4S/c1-8-13(14(19)18-9(2)15(20)21)23-12(17-8)7-22-11-5-3-10(16)4-6-11/h3-6,9H,7H2,1-2H3,(H,18,19)(H,20,21)/t9-/m1/s1. The maximum atomic E-state index is 12.8. The number of nitrogens with zero attached hydrogens (tertiary/aromatic N) is 1. The van der Waals surface area contributed by atoms with E-state index in [0.29, 0.717) is 21.3 Å². The van der Waals surface area contributed by atoms with Gasteiger partial charge in [-0.3, -0.25) is 9.59 Å². The van der Waals surface area contributed by atoms with Gasteiger partial charge in [0.15, 0.2) is 0 Å². The van der Waals surface area contributed by atoms with E-state index >= 15 is 0 Å². The number of carbonyl (C=O) groups is 2. The molecule has 0 saturated heterocycles. The smallest absolute Gasteiger partial charge is 0.325 e. The van der Waals surface area contributed by atoms with Crippen molar-refractivity contribution in [2.45, 2.75) is 26.5 Å². The average Bonchev–Trinajstić information content (AvgIpc) is 2.87. The van der Waals surface area contributed by atoms with Crippen LogP contribution in [-0.4, -0.2) is 28.0 Å². The van der Waals surface area contributed by atoms with Gasteiger partial charge in [0, 0.05) is 0 Å². The quantitative estimate of drug-likeness (QED) is 0.844. The van der Waals surface area contributed by atoms with Crippen molar-refractivity contribution in [3.63, 3.8) is 0 Å². The summed E-state index contributed by atoms with van der Waals surface area (Å²) >= 11 is 1.13. The lowest BCUT2D eigenvalue weighted by molar-refractivity contribution is -0.138. The van der Waals surface area contributed by atoms with Crippen LogP contribution in [0.5, 0.6) is 5.75 Å². The fourth-order valence-corrected chi connectivity index (χ4v) is 2.61. The molecule has 0 fully saturated rings. The molecule has 0 spiro atoms. The van der Waals surface area contributed by atoms with Crippen molar-refractivity contribution in [2.75, 3.05) is 0 Å². The van der Waals surface area contributed by atoms with Crippen molar-refractivity contribution in [3.8, 4) is 5.75 Å². The maximum absolute atomic E-state index is 12.8. The second-order valence-electron chi connectivity index (χ2n) is 4.80. The summed E-state index contributed by atoms with van der Waals surface area (Å²) in [7, 11) is 0. The number of carboxylic acid groups (broad SMARTS) is 1. The number of ether oxygens (including phenoxy) is 1. The molecular formula is C15H15FN2O4S. The van der Waals surface area contributed by atoms with Gasteiger partial charge in [-0.2, -0.15) is 0 Å². The average molecular weight is 338 g/mol. The van der Waals surface area contributed by atoms with Crippen LogP contribution in [0.2, 0.25) is 0 Å². The normalized spacial score (nSPS) is 11.8. The summed E-state index contributed by atoms with van der Waals surface area (Å²) in [6.45, 7) is 3.19. The minimum atomic E-state index is -1.11. The Balaban J connectivity index is 2.01. The molecule has 122 valence electrons. The van der Waals surface area contributed by atoms with Crippen LogP contribution in [0.25, 0.3) is 0 Å². The zero-order chi connectivity index (χ0) is 17.0. The molecule has 0 aliphatic rings. The van der Waals surface area contributed by atoms with Crippen LogP contribution < -0.4 is 10.1 Å². The number of amides is 1. The topological polar surface area (TPSA) is 88.5 Å². The Bertz CT molecular complexity index is 715. The SMILES string of the molecule is Cc1nc(COc2ccc(F)cc2)sc1C(=O)N[C@H](C)C(=O)O. The van der Waals surface area contributed by atoms with Gasteiger partial charge in [0.2, 0.25) is 0 Å². The second kappa shape index (κ2) is 7.19. The summed E-state index contributed by atoms with van der Waals surface area (Å²) in [5.74, 6) is -1.46. The summed E-state index contributed by atoms with van der Waals surface area (Å²) in [5, 5.41) is 11.8. The number of rotatable bonds is 6. The Morgan fingerprint density at radius 3 is 2.65 bits per heavy atom. The van der Waals surface area contributed by atoms with E-state index in [2.05, 4.69) is 10.3 Å². The monoisotopic (exact) mass is 338 g/mol. The van der Waals surface area contributed by atoms with Gasteiger partial charge in [-0.05, 0) is 38.1 Å². The molecule has 6 nitrogen and oxygen atoms in total. The predicted octanol–water partition coefficient (Wildman–Crippen LogP) is 2.37. The van der Waals surface area contributed by atoms with E-state index in [9.17, 15) is 14.0 Å². The first kappa shape index (κ1) is 16.9. The number of aryl methyl sites for hydroxylation is 1. The van der Waals surface area contributed by atoms with Crippen LogP contribution in [0, 0.1) is 12.7 Å². The van der Waals surface area contributed by atoms with E-state index in [4.69, 9.17) is 9.84 Å². The lowest BCUT2D eigenvalue weighted by atomic mass is 10.3. The number of carbonyl (C=O) groups excluding carboxylic acids is 1. The molecule has 1 aromatic heterocycles. The van der Waals surface area contributed by atoms with Gasteiger partial charge in [0.25, 0.3) is 5.91 Å². The molecule has 0 unspecified atom stereocenters. The Morgan fingerprint density at radius 2 is 2.04 bits per heavy atom. The van der Waals surface area contributed by atoms with Crippen LogP contribution in [-0.2, 0) is 11.4 Å². The van der Waals surface area contributed by atoms with Crippen LogP contribution in [0.4, 0.5) is 4.39 Å². The molecular weight excluding hydrogens is 323 g/mol. The van der Waals surface area contributed by atoms with Crippen molar-refractivity contribution < 1.29 is 23.8 Å². The molecule has 23 heavy (non-hydrogen) atoms. The molecule has 1 heterocycles. The molecule has 0 radical (unpaired) electrons. The summed E-state index contributed by atoms with van der Waals surface area (Å²) in [6.07, 6.45) is 0. The minimum Gasteiger partial charge on any atom is -0.486 e. The third-order valence-electron chi connectivity index (χ3n) is 2.94. The molecule has 2 aromatic rings. The van der Waals surface area contributed by atoms with Crippen LogP contribution in [0.1, 0.15) is 27.3 Å². The van der Waals surface area contributed by atoms with E-state index in [-0.39, 0.29) is 12.4 Å². The number of nitrogens with one attached hydrogen (secondary N) is 1. The van der Waals surface area contributed by atoms with E-state index < -0.39 is 17.9 Å². The van der Waals surface area contributed by atoms with E-state index in [1.807, 2.05) is 0 Å². The van der Waals surface area contributed by atoms with E-state index in [0.717, 1.165) is 11.3 Å². The molecule has 1 atom stereocenters. The van der Waals surface area contributed by atoms with Crippen molar-refractivity contribution >= 4 is 23.2 Å². The summed E-state index contributed by atoms with van der Waals surface area (Å²) in [4.78, 5) is 27.4. The zero-order valence-electron chi connectivity index (χ0n) is 12.5. The Morgan fingerprint density at radius 1 is 1.39 bits per heavy atom. The van der Waals surface area contributed by atoms with Gasteiger partial charge < -0.3 is 15.2 Å². The Labute approximate surface area is 135 Å². The lowest BCUT2D eigenvalue weighted by Gasteiger charge is -2.07. The number of carboxylic acids is 1. The summed E-state index contributed by atoms with van der Waals surface area (Å²) < 4.78 is 18.3. The maximum Gasteiger partial charge on any atom is 0.325 e. The first-order chi connectivity index (χ1) is 10.9. The second-order valence-corrected chi connectivity index (χ2v) is 5.88. The lowest BCUT2D eigenvalue weighted by Crippen LogP contribution is -2.38. The van der Waals surface area contributed by atoms with E-state index in [1.165, 1.54) is 31.2 Å². The van der Waals surface area contributed by atoms with Gasteiger partial charge in [0.1, 0.15) is 34.1 Å². The predicted molar refractivity (Wildman–Crippen MR) is 82.1 cm³/mol. The Kier molecular flexibility index (Phi) is 5.28. The van der Waals surface area contributed by atoms with Crippen molar-refractivity contribution in [2.24, 2.45) is 0 Å². The van der Waals surface area contributed by atoms with Crippen LogP contribution in [0.3, 0.4) is 0 Å². The number of hydrogen-bond acceptors (Lipinski definition) is 5. The molecule has 2 rings (SSSR count). The fraction of sp³-hybridized carbons (Fsp3) is 0.267. The molecule has 0 aliphatic carbocycles. The number of thiazole rings is 1. The van der Waals surface area contributed by atoms with E-state index in [1.54, 1.807) is 6.92 Å². The summed E-state index contributed by atoms with van der Waals surface area (Å²) in [5.41, 5.74) is 0.503. The van der Waals surface area contributed by atoms with Crippen molar-refractivity contribution in [1.29, 1.82) is 0 Å². The van der Waals surface area contributed by atoms with Gasteiger partial charge >= 0.3 is 5.97 Å². The minimum absolute atomic E-state index is 0.138. The van der Waals surface area contributed by atoms with Crippen LogP contribution >= 0.6 is 11.3 Å². The summed E-state index contributed by atoms with van der Waals surface area (Å²) in [6, 6.07) is 4.59. The fourth-order valence-electron chi connectivity index (χ4n) is 1.72. The third-order valence-corrected chi connectivity index (χ3v) is 4.07. The first-order valence-electron chi connectivity index (χ1n) is 6.75. The highest BCUT2D eigenvalue weighted by molar-refractivity contribution is 7.13. The third kappa shape index (κ3) is 4.49. The van der Waals surface area contributed by atoms with Gasteiger partial charge in [-0.25, -0.2) is 9.37 Å². The van der Waals surface area contributed by atoms with Gasteiger partial charge in [0.05, 0.1) is 5.69 Å². The van der Waals surface area contributed by atoms with Gasteiger partial charge in [-0.1, -0.05) is 0 Å². The highest BCUT2D eigenvalue weighted by atomic mass is 32.1. The molecule has 0 aliphatic heterocycles. The number of hydrogen-bond donors (Lipinski definition) is 2. The highest BCUT2D eigenvalue weighted by Gasteiger charge is 2.20. The largest absolute Gasteiger partial charge is 0.486 e. The molecule has 1 aromatic carbocycles. The molecule has 2 N–H and O–H groups in total. The molecule has 0 bridgehead atoms. The van der Waals surface area contributed by atoms with Crippen molar-refractivity contribution in [3.05, 3.63) is 45.7 Å². The molecule has 1 amide bonds. The number of benzene rings is 1. The number of aliphatic carboxylic acids is 1. The number of halogens is 1. The molecule has 0 saturated carbocycles.